The van der Waals surface area contributed by atoms with Crippen LogP contribution in [0.15, 0.2) is 48.5 Å². The Kier molecular flexibility index (Phi) is 38.0. The third-order valence-electron chi connectivity index (χ3n) is 25.0. The Morgan fingerprint density at radius 1 is 0.307 bits per heavy atom. The molecule has 9 saturated heterocycles. The van der Waals surface area contributed by atoms with Crippen LogP contribution in [0.5, 0.6) is 0 Å². The van der Waals surface area contributed by atoms with E-state index < -0.39 is 395 Å². The van der Waals surface area contributed by atoms with Gasteiger partial charge < -0.3 is 245 Å². The summed E-state index contributed by atoms with van der Waals surface area (Å²) in [7, 11) is 0. The number of carbonyl (C=O) groups excluding carboxylic acids is 6. The molecule has 2 aromatic carbocycles. The van der Waals surface area contributed by atoms with Crippen LogP contribution in [0.25, 0.3) is 11.1 Å². The van der Waals surface area contributed by atoms with E-state index in [2.05, 4.69) is 31.9 Å². The lowest BCUT2D eigenvalue weighted by Crippen LogP contribution is -2.72. The number of hydrogen-bond donors (Lipinski definition) is 31. The van der Waals surface area contributed by atoms with E-state index in [-0.39, 0.29) is 6.61 Å². The second-order valence-electron chi connectivity index (χ2n) is 34.3. The molecule has 0 saturated carbocycles. The minimum absolute atomic E-state index is 0.261. The number of aliphatic carboxylic acids is 1. The number of nitrogens with one attached hydrogen (secondary N) is 6. The second-order valence-corrected chi connectivity index (χ2v) is 34.3. The van der Waals surface area contributed by atoms with Crippen LogP contribution >= 0.6 is 0 Å². The molecule has 56 heteroatoms. The second kappa shape index (κ2) is 47.9. The maximum Gasteiger partial charge on any atom is 0.407 e. The van der Waals surface area contributed by atoms with Crippen LogP contribution in [0.3, 0.4) is 0 Å². The average molecular weight is 1980 g/mol. The van der Waals surface area contributed by atoms with Crippen molar-refractivity contribution < 1.29 is 246 Å². The summed E-state index contributed by atoms with van der Waals surface area (Å²) >= 11 is 0. The number of carboxylic acid groups (broad SMARTS) is 1. The minimum Gasteiger partial charge on any atom is -0.480 e. The Bertz CT molecular complexity index is 4250. The van der Waals surface area contributed by atoms with Crippen molar-refractivity contribution in [2.45, 2.75) is 322 Å². The molecule has 9 heterocycles. The number of fused-ring (bicyclic) bond motifs is 3. The number of benzene rings is 2. The SMILES string of the molecule is CC(=O)NC1C(O)[C@H](OC2OC(CO)[C@H](O)C(O)C2O)C(CO)O[C@H]1OC1C(O)[C@H](O)C(CO)O[C@@H]1OC1C(O)[C@H](O[C@@H]2C(CO)O[C@@H](O[C@@H]3C(CO)O[C@@H](NC(=O)CC(NC(=O)OCC4c5ccccc5-c5ccccc54)C(=O)O)C(NC(C)=O)C3O)C(NC(C)=O)C2O)OC(CO[C@H]2OC(CO)[C@@H](O)C(O)C2O[C@@H]2OC(CO)[C@@H](O[C@@H]3OC(CO)[C@H](O)C(O)C3O)C(O)C2NC(C)=O)[C@H]1O. The van der Waals surface area contributed by atoms with Gasteiger partial charge in [-0.1, -0.05) is 48.5 Å². The zero-order chi connectivity index (χ0) is 99.9. The van der Waals surface area contributed by atoms with Crippen molar-refractivity contribution in [2.75, 3.05) is 66.1 Å². The molecule has 10 aliphatic rings. The van der Waals surface area contributed by atoms with Gasteiger partial charge in [0.1, 0.15) is 232 Å². The minimum atomic E-state index is -2.65. The van der Waals surface area contributed by atoms with Crippen molar-refractivity contribution in [2.24, 2.45) is 0 Å². The third kappa shape index (κ3) is 24.2. The molecule has 6 amide bonds. The Morgan fingerprint density at radius 3 is 1.01 bits per heavy atom. The maximum atomic E-state index is 13.9. The van der Waals surface area contributed by atoms with Crippen molar-refractivity contribution in [1.82, 2.24) is 31.9 Å². The highest BCUT2D eigenvalue weighted by molar-refractivity contribution is 5.87. The van der Waals surface area contributed by atoms with Gasteiger partial charge in [0.05, 0.1) is 65.9 Å². The molecular weight excluding hydrogens is 1860 g/mol. The number of aliphatic hydroxyl groups is 24. The zero-order valence-corrected chi connectivity index (χ0v) is 73.4. The van der Waals surface area contributed by atoms with Gasteiger partial charge in [-0.15, -0.1) is 0 Å². The molecule has 46 atom stereocenters. The summed E-state index contributed by atoms with van der Waals surface area (Å²) < 4.78 is 108. The first kappa shape index (κ1) is 109. The van der Waals surface area contributed by atoms with E-state index in [9.17, 15) is 161 Å². The highest BCUT2D eigenvalue weighted by atomic mass is 16.8. The molecule has 0 radical (unpaired) electrons. The number of rotatable bonds is 36. The van der Waals surface area contributed by atoms with Gasteiger partial charge in [-0.25, -0.2) is 9.59 Å². The maximum absolute atomic E-state index is 13.9. The highest BCUT2D eigenvalue weighted by Crippen LogP contribution is 2.46. The number of aliphatic hydroxyl groups excluding tert-OH is 24. The van der Waals surface area contributed by atoms with Crippen molar-refractivity contribution >= 4 is 41.6 Å². The van der Waals surface area contributed by atoms with Crippen molar-refractivity contribution in [1.29, 1.82) is 0 Å². The Hall–Kier alpha value is -7.11. The number of carbonyl (C=O) groups is 7. The predicted octanol–water partition coefficient (Wildman–Crippen LogP) is -17.5. The summed E-state index contributed by atoms with van der Waals surface area (Å²) in [6.45, 7) is -6.91. The smallest absolute Gasteiger partial charge is 0.407 e. The van der Waals surface area contributed by atoms with Crippen LogP contribution in [-0.2, 0) is 114 Å². The fourth-order valence-corrected chi connectivity index (χ4v) is 18.0. The summed E-state index contributed by atoms with van der Waals surface area (Å²) in [5, 5.41) is 295. The molecule has 0 bridgehead atoms. The molecular formula is C81H120N6O50. The van der Waals surface area contributed by atoms with Crippen molar-refractivity contribution in [3.05, 3.63) is 59.7 Å². The molecule has 0 aromatic heterocycles. The Labute approximate surface area is 776 Å². The first-order valence-corrected chi connectivity index (χ1v) is 43.7. The fourth-order valence-electron chi connectivity index (χ4n) is 18.0. The lowest BCUT2D eigenvalue weighted by atomic mass is 9.93. The van der Waals surface area contributed by atoms with Gasteiger partial charge in [-0.2, -0.15) is 0 Å². The van der Waals surface area contributed by atoms with Crippen LogP contribution < -0.4 is 31.9 Å². The van der Waals surface area contributed by atoms with E-state index in [1.54, 1.807) is 12.1 Å². The van der Waals surface area contributed by atoms with Crippen molar-refractivity contribution in [3.63, 3.8) is 0 Å². The van der Waals surface area contributed by atoms with Crippen LogP contribution in [-0.4, -0.2) is 517 Å². The Morgan fingerprint density at radius 2 is 0.620 bits per heavy atom. The van der Waals surface area contributed by atoms with Gasteiger partial charge >= 0.3 is 12.1 Å². The van der Waals surface area contributed by atoms with Gasteiger partial charge in [0, 0.05) is 33.6 Å². The summed E-state index contributed by atoms with van der Waals surface area (Å²) in [5.74, 6) is -7.28. The summed E-state index contributed by atoms with van der Waals surface area (Å²) in [6.07, 6.45) is -90.0. The van der Waals surface area contributed by atoms with Crippen LogP contribution in [0, 0.1) is 0 Å². The molecule has 9 aliphatic heterocycles. The fraction of sp³-hybridized carbons (Fsp3) is 0.765. The lowest BCUT2D eigenvalue weighted by molar-refractivity contribution is -0.398. The third-order valence-corrected chi connectivity index (χ3v) is 25.0. The molecule has 9 fully saturated rings. The number of hydrogen-bond acceptors (Lipinski definition) is 49. The normalized spacial score (nSPS) is 42.6. The van der Waals surface area contributed by atoms with Gasteiger partial charge in [-0.05, 0) is 22.3 Å². The standard InChI is InChI=1S/C81H120N6O50/c1-24(96)82-44-53(106)64(38(18-92)122-71(44)87-43(100)13-33(72(117)118)86-81(119)121-22-32-30-11-7-5-9-28(30)29-10-6-8-12-31(29)32)131-73-45(83-25(2)97)54(107)67(41(21-95)127-73)134-78-63(116)68(135-80-70(60(113)51(104)37(17-91)126-80)137-75-47(85-27(4)99)56(109)66(40(20-94)129-75)133-77-62(115)58(111)49(102)35(15-89)124-77)52(105)42(130-78)23-120-79-69(59(112)50(103)36(16-90)125-79)136-74-46(84-26(3)98)55(108)65(39(19-93)128-74)132-76-61(114)57(110)48(101)34(14-88)123-76/h5-12,32-42,44-71,73-80,88-95,101-116H,13-23H2,1-4H3,(H,82,96)(H,83,97)(H,84,98)(H,85,99)(H,86,119)(H,87,100)(H,117,118)/t33?,34?,35?,36?,37?,38?,39?,40?,41?,42?,44?,45?,46?,47?,48-,49-,50+,51+,52+,53?,54?,55?,56?,57?,58?,59?,60?,61?,62?,63?,64+,65+,66+,67+,68?,69?,70?,71+,73-,74-,75-,76-,77?,78-,79-,80+/m0/s1. The molecule has 56 nitrogen and oxygen atoms in total. The van der Waals surface area contributed by atoms with E-state index in [4.69, 9.17) is 85.3 Å². The largest absolute Gasteiger partial charge is 0.480 e. The number of amides is 6. The van der Waals surface area contributed by atoms with Gasteiger partial charge in [-0.3, -0.25) is 24.0 Å². The van der Waals surface area contributed by atoms with Crippen LogP contribution in [0.4, 0.5) is 4.79 Å². The monoisotopic (exact) mass is 1980 g/mol. The van der Waals surface area contributed by atoms with E-state index in [1.807, 2.05) is 36.4 Å². The molecule has 31 N–H and O–H groups in total. The molecule has 774 valence electrons. The van der Waals surface area contributed by atoms with E-state index in [0.717, 1.165) is 49.9 Å². The number of carboxylic acids is 1. The zero-order valence-electron chi connectivity index (χ0n) is 73.4. The molecule has 137 heavy (non-hydrogen) atoms. The van der Waals surface area contributed by atoms with Gasteiger partial charge in [0.2, 0.25) is 29.5 Å². The highest BCUT2D eigenvalue weighted by Gasteiger charge is 2.62. The number of ether oxygens (including phenoxy) is 18. The van der Waals surface area contributed by atoms with E-state index in [0.29, 0.717) is 0 Å². The Balaban J connectivity index is 0.821. The lowest BCUT2D eigenvalue weighted by Gasteiger charge is -2.51. The molecule has 29 unspecified atom stereocenters. The molecule has 12 rings (SSSR count). The molecule has 1 aliphatic carbocycles. The van der Waals surface area contributed by atoms with Crippen LogP contribution in [0.1, 0.15) is 51.2 Å². The summed E-state index contributed by atoms with van der Waals surface area (Å²) in [4.78, 5) is 92.2. The average Bonchev–Trinajstić information content (AvgIpc) is 1.61. The van der Waals surface area contributed by atoms with E-state index >= 15 is 0 Å². The quantitative estimate of drug-likeness (QED) is 0.0301. The van der Waals surface area contributed by atoms with Crippen molar-refractivity contribution in [3.8, 4) is 11.1 Å². The van der Waals surface area contributed by atoms with E-state index in [1.165, 1.54) is 0 Å². The molecule has 0 spiro atoms. The first-order chi connectivity index (χ1) is 65.1. The predicted molar refractivity (Wildman–Crippen MR) is 434 cm³/mol. The topological polar surface area (TPSA) is 864 Å². The van der Waals surface area contributed by atoms with Gasteiger partial charge in [0.15, 0.2) is 56.5 Å². The summed E-state index contributed by atoms with van der Waals surface area (Å²) in [5.41, 5.74) is 3.41. The van der Waals surface area contributed by atoms with Gasteiger partial charge in [0.25, 0.3) is 0 Å². The number of alkyl carbamates (subject to hydrolysis) is 1. The van der Waals surface area contributed by atoms with Crippen LogP contribution in [0.2, 0.25) is 0 Å². The first-order valence-electron chi connectivity index (χ1n) is 43.7. The summed E-state index contributed by atoms with van der Waals surface area (Å²) in [6, 6.07) is 4.83. The molecule has 2 aromatic rings.